The second-order valence-corrected chi connectivity index (χ2v) is 6.52. The minimum absolute atomic E-state index is 0.142. The number of hydrogen-bond donors (Lipinski definition) is 0. The van der Waals surface area contributed by atoms with Crippen molar-refractivity contribution in [3.63, 3.8) is 0 Å². The summed E-state index contributed by atoms with van der Waals surface area (Å²) in [5, 5.41) is 9.11. The lowest BCUT2D eigenvalue weighted by molar-refractivity contribution is -0.141. The third-order valence-corrected chi connectivity index (χ3v) is 3.94. The minimum atomic E-state index is -0.831. The van der Waals surface area contributed by atoms with Crippen molar-refractivity contribution in [1.29, 1.82) is 5.26 Å². The van der Waals surface area contributed by atoms with E-state index in [0.717, 1.165) is 4.47 Å². The van der Waals surface area contributed by atoms with Crippen LogP contribution < -0.4 is 9.47 Å². The number of benzene rings is 2. The van der Waals surface area contributed by atoms with Crippen molar-refractivity contribution in [2.45, 2.75) is 20.0 Å². The van der Waals surface area contributed by atoms with E-state index in [1.807, 2.05) is 6.07 Å². The Morgan fingerprint density at radius 1 is 1.18 bits per heavy atom. The van der Waals surface area contributed by atoms with Gasteiger partial charge in [-0.05, 0) is 55.8 Å². The summed E-state index contributed by atoms with van der Waals surface area (Å²) in [5.74, 6) is -0.483. The quantitative estimate of drug-likeness (QED) is 0.274. The molecule has 0 aliphatic rings. The zero-order valence-corrected chi connectivity index (χ0v) is 16.9. The summed E-state index contributed by atoms with van der Waals surface area (Å²) in [6, 6.07) is 15.4. The fourth-order valence-corrected chi connectivity index (χ4v) is 2.55. The van der Waals surface area contributed by atoms with Gasteiger partial charge in [0.2, 0.25) is 0 Å². The van der Waals surface area contributed by atoms with Gasteiger partial charge in [0, 0.05) is 4.47 Å². The van der Waals surface area contributed by atoms with Crippen molar-refractivity contribution in [3.8, 4) is 17.6 Å². The molecule has 2 aromatic carbocycles. The molecule has 0 N–H and O–H groups in total. The van der Waals surface area contributed by atoms with E-state index in [1.165, 1.54) is 6.08 Å². The number of carbonyl (C=O) groups excluding carboxylic acids is 2. The van der Waals surface area contributed by atoms with Crippen LogP contribution in [0.2, 0.25) is 0 Å². The predicted molar refractivity (Wildman–Crippen MR) is 107 cm³/mol. The van der Waals surface area contributed by atoms with Gasteiger partial charge in [-0.2, -0.15) is 5.26 Å². The minimum Gasteiger partial charge on any atom is -0.479 e. The molecule has 1 atom stereocenters. The van der Waals surface area contributed by atoms with Crippen LogP contribution in [0.15, 0.2) is 58.6 Å². The third-order valence-electron chi connectivity index (χ3n) is 3.44. The van der Waals surface area contributed by atoms with Gasteiger partial charge in [-0.1, -0.05) is 34.1 Å². The number of hydrogen-bond acceptors (Lipinski definition) is 6. The van der Waals surface area contributed by atoms with E-state index in [0.29, 0.717) is 11.3 Å². The third kappa shape index (κ3) is 6.25. The van der Waals surface area contributed by atoms with Crippen LogP contribution in [0.3, 0.4) is 0 Å². The number of rotatable bonds is 7. The maximum atomic E-state index is 12.3. The summed E-state index contributed by atoms with van der Waals surface area (Å²) in [6.07, 6.45) is 0.541. The van der Waals surface area contributed by atoms with E-state index in [9.17, 15) is 9.59 Å². The van der Waals surface area contributed by atoms with Crippen LogP contribution in [0, 0.1) is 11.3 Å². The fraction of sp³-hybridized carbons (Fsp3) is 0.190. The summed E-state index contributed by atoms with van der Waals surface area (Å²) in [4.78, 5) is 24.0. The molecule has 0 bridgehead atoms. The molecular formula is C21H18BrNO5. The molecule has 0 aliphatic heterocycles. The smallest absolute Gasteiger partial charge is 0.352 e. The number of nitriles is 1. The summed E-state index contributed by atoms with van der Waals surface area (Å²) in [6.45, 7) is 3.41. The molecule has 0 radical (unpaired) electrons. The van der Waals surface area contributed by atoms with Crippen molar-refractivity contribution < 1.29 is 23.8 Å². The highest BCUT2D eigenvalue weighted by Gasteiger charge is 2.18. The SMILES string of the molecule is CCOC(=O)/C(C#N)=C/c1cccc(OC(=O)C(C)Oc2cccc(Br)c2)c1. The lowest BCUT2D eigenvalue weighted by Gasteiger charge is -2.14. The van der Waals surface area contributed by atoms with E-state index < -0.39 is 18.0 Å². The molecular weight excluding hydrogens is 426 g/mol. The van der Waals surface area contributed by atoms with Crippen LogP contribution in [-0.4, -0.2) is 24.6 Å². The second-order valence-electron chi connectivity index (χ2n) is 5.60. The molecule has 28 heavy (non-hydrogen) atoms. The van der Waals surface area contributed by atoms with Gasteiger partial charge in [0.1, 0.15) is 23.1 Å². The molecule has 0 aromatic heterocycles. The van der Waals surface area contributed by atoms with E-state index in [1.54, 1.807) is 62.4 Å². The first-order valence-corrected chi connectivity index (χ1v) is 9.25. The Morgan fingerprint density at radius 2 is 1.89 bits per heavy atom. The van der Waals surface area contributed by atoms with Crippen molar-refractivity contribution in [1.82, 2.24) is 0 Å². The number of carbonyl (C=O) groups is 2. The Kier molecular flexibility index (Phi) is 7.78. The zero-order chi connectivity index (χ0) is 20.5. The summed E-state index contributed by atoms with van der Waals surface area (Å²) in [5.41, 5.74) is 0.382. The number of esters is 2. The molecule has 1 unspecified atom stereocenters. The summed E-state index contributed by atoms with van der Waals surface area (Å²) in [7, 11) is 0. The molecule has 0 saturated carbocycles. The molecule has 0 amide bonds. The highest BCUT2D eigenvalue weighted by atomic mass is 79.9. The molecule has 0 saturated heterocycles. The van der Waals surface area contributed by atoms with Crippen LogP contribution in [0.25, 0.3) is 6.08 Å². The molecule has 2 rings (SSSR count). The van der Waals surface area contributed by atoms with E-state index in [-0.39, 0.29) is 17.9 Å². The van der Waals surface area contributed by atoms with Crippen LogP contribution in [0.4, 0.5) is 0 Å². The Balaban J connectivity index is 2.08. The van der Waals surface area contributed by atoms with Crippen molar-refractivity contribution >= 4 is 33.9 Å². The Morgan fingerprint density at radius 3 is 2.57 bits per heavy atom. The highest BCUT2D eigenvalue weighted by Crippen LogP contribution is 2.20. The zero-order valence-electron chi connectivity index (χ0n) is 15.3. The van der Waals surface area contributed by atoms with Gasteiger partial charge in [-0.15, -0.1) is 0 Å². The van der Waals surface area contributed by atoms with Crippen LogP contribution >= 0.6 is 15.9 Å². The van der Waals surface area contributed by atoms with E-state index in [4.69, 9.17) is 19.5 Å². The van der Waals surface area contributed by atoms with Crippen LogP contribution in [0.1, 0.15) is 19.4 Å². The topological polar surface area (TPSA) is 85.6 Å². The average molecular weight is 444 g/mol. The molecule has 2 aromatic rings. The highest BCUT2D eigenvalue weighted by molar-refractivity contribution is 9.10. The molecule has 6 nitrogen and oxygen atoms in total. The molecule has 7 heteroatoms. The van der Waals surface area contributed by atoms with Gasteiger partial charge >= 0.3 is 11.9 Å². The van der Waals surface area contributed by atoms with Crippen LogP contribution in [-0.2, 0) is 14.3 Å². The first kappa shape index (κ1) is 21.2. The van der Waals surface area contributed by atoms with E-state index in [2.05, 4.69) is 15.9 Å². The monoisotopic (exact) mass is 443 g/mol. The number of ether oxygens (including phenoxy) is 3. The molecule has 0 aliphatic carbocycles. The molecule has 0 spiro atoms. The van der Waals surface area contributed by atoms with E-state index >= 15 is 0 Å². The summed E-state index contributed by atoms with van der Waals surface area (Å²) >= 11 is 3.34. The van der Waals surface area contributed by atoms with Gasteiger partial charge in [-0.3, -0.25) is 0 Å². The molecule has 144 valence electrons. The maximum absolute atomic E-state index is 12.3. The van der Waals surface area contributed by atoms with Gasteiger partial charge in [0.25, 0.3) is 0 Å². The van der Waals surface area contributed by atoms with Crippen LogP contribution in [0.5, 0.6) is 11.5 Å². The van der Waals surface area contributed by atoms with Gasteiger partial charge in [0.05, 0.1) is 6.61 Å². The average Bonchev–Trinajstić information content (AvgIpc) is 2.66. The largest absolute Gasteiger partial charge is 0.479 e. The molecule has 0 fully saturated rings. The Hall–Kier alpha value is -3.11. The first-order valence-electron chi connectivity index (χ1n) is 8.45. The normalized spacial score (nSPS) is 11.9. The molecule has 0 heterocycles. The van der Waals surface area contributed by atoms with Gasteiger partial charge in [-0.25, -0.2) is 9.59 Å². The fourth-order valence-electron chi connectivity index (χ4n) is 2.17. The van der Waals surface area contributed by atoms with Gasteiger partial charge < -0.3 is 14.2 Å². The second kappa shape index (κ2) is 10.3. The Bertz CT molecular complexity index is 932. The predicted octanol–water partition coefficient (Wildman–Crippen LogP) is 4.29. The Labute approximate surface area is 171 Å². The number of halogens is 1. The van der Waals surface area contributed by atoms with Gasteiger partial charge in [0.15, 0.2) is 6.10 Å². The van der Waals surface area contributed by atoms with Crippen molar-refractivity contribution in [2.75, 3.05) is 6.61 Å². The van der Waals surface area contributed by atoms with Crippen molar-refractivity contribution in [3.05, 3.63) is 64.1 Å². The number of nitrogens with zero attached hydrogens (tertiary/aromatic N) is 1. The van der Waals surface area contributed by atoms with Crippen molar-refractivity contribution in [2.24, 2.45) is 0 Å². The first-order chi connectivity index (χ1) is 13.4. The standard InChI is InChI=1S/C21H18BrNO5/c1-3-26-21(25)16(13-23)10-15-6-4-8-18(11-15)28-20(24)14(2)27-19-9-5-7-17(22)12-19/h4-12,14H,3H2,1-2H3/b16-10+. The summed E-state index contributed by atoms with van der Waals surface area (Å²) < 4.78 is 16.6. The lowest BCUT2D eigenvalue weighted by Crippen LogP contribution is -2.28. The lowest BCUT2D eigenvalue weighted by atomic mass is 10.1. The maximum Gasteiger partial charge on any atom is 0.352 e.